The van der Waals surface area contributed by atoms with Crippen LogP contribution >= 0.6 is 23.2 Å². The lowest BCUT2D eigenvalue weighted by Crippen LogP contribution is -2.31. The van der Waals surface area contributed by atoms with Crippen molar-refractivity contribution in [2.75, 3.05) is 4.90 Å². The maximum atomic E-state index is 13.6. The van der Waals surface area contributed by atoms with Gasteiger partial charge in [0.1, 0.15) is 11.4 Å². The third kappa shape index (κ3) is 3.67. The molecule has 1 aromatic heterocycles. The molecule has 1 unspecified atom stereocenters. The third-order valence-electron chi connectivity index (χ3n) is 5.43. The second kappa shape index (κ2) is 8.06. The summed E-state index contributed by atoms with van der Waals surface area (Å²) in [5.41, 5.74) is 1.04. The Bertz CT molecular complexity index is 1460. The number of aliphatic hydroxyl groups excluding tert-OH is 1. The molecule has 0 aliphatic carbocycles. The van der Waals surface area contributed by atoms with E-state index in [1.54, 1.807) is 42.5 Å². The van der Waals surface area contributed by atoms with Crippen LogP contribution in [-0.2, 0) is 4.79 Å². The predicted octanol–water partition coefficient (Wildman–Crippen LogP) is 6.66. The van der Waals surface area contributed by atoms with Crippen molar-refractivity contribution in [2.24, 2.45) is 0 Å². The molecular weight excluding hydrogens is 468 g/mol. The molecule has 0 fully saturated rings. The normalized spacial score (nSPS) is 16.2. The SMILES string of the molecule is O=C(C1=C(O)C(=O)N(c2cccc(Cl)c2)C1c1ccc(F)cc1)c1cc2cc(Cl)ccc2o1. The maximum Gasteiger partial charge on any atom is 0.294 e. The molecule has 0 saturated carbocycles. The number of furan rings is 1. The number of amides is 1. The highest BCUT2D eigenvalue weighted by atomic mass is 35.5. The zero-order valence-corrected chi connectivity index (χ0v) is 18.3. The van der Waals surface area contributed by atoms with Gasteiger partial charge in [0.2, 0.25) is 5.78 Å². The Hall–Kier alpha value is -3.61. The van der Waals surface area contributed by atoms with Gasteiger partial charge < -0.3 is 9.52 Å². The number of carbonyl (C=O) groups is 2. The van der Waals surface area contributed by atoms with Crippen LogP contribution in [0.15, 0.2) is 88.5 Å². The van der Waals surface area contributed by atoms with Gasteiger partial charge in [-0.15, -0.1) is 0 Å². The zero-order valence-electron chi connectivity index (χ0n) is 16.8. The van der Waals surface area contributed by atoms with Crippen LogP contribution in [-0.4, -0.2) is 16.8 Å². The minimum Gasteiger partial charge on any atom is -0.503 e. The fraction of sp³-hybridized carbons (Fsp3) is 0.0400. The molecule has 1 amide bonds. The molecule has 0 spiro atoms. The van der Waals surface area contributed by atoms with Gasteiger partial charge in [0, 0.05) is 21.1 Å². The first kappa shape index (κ1) is 21.2. The van der Waals surface area contributed by atoms with Gasteiger partial charge in [-0.25, -0.2) is 4.39 Å². The van der Waals surface area contributed by atoms with Crippen molar-refractivity contribution < 1.29 is 23.5 Å². The van der Waals surface area contributed by atoms with Gasteiger partial charge in [-0.2, -0.15) is 0 Å². The van der Waals surface area contributed by atoms with Gasteiger partial charge in [0.25, 0.3) is 5.91 Å². The van der Waals surface area contributed by atoms with Gasteiger partial charge in [-0.1, -0.05) is 41.4 Å². The number of hydrogen-bond acceptors (Lipinski definition) is 4. The summed E-state index contributed by atoms with van der Waals surface area (Å²) in [5.74, 6) is -2.72. The molecule has 5 rings (SSSR count). The Morgan fingerprint density at radius 2 is 1.70 bits per heavy atom. The number of rotatable bonds is 4. The predicted molar refractivity (Wildman–Crippen MR) is 123 cm³/mol. The summed E-state index contributed by atoms with van der Waals surface area (Å²) in [6, 6.07) is 17.2. The second-order valence-corrected chi connectivity index (χ2v) is 8.37. The van der Waals surface area contributed by atoms with Crippen LogP contribution in [0.3, 0.4) is 0 Å². The number of anilines is 1. The molecule has 1 aliphatic rings. The summed E-state index contributed by atoms with van der Waals surface area (Å²) >= 11 is 12.1. The van der Waals surface area contributed by atoms with E-state index in [0.29, 0.717) is 32.3 Å². The van der Waals surface area contributed by atoms with Crippen LogP contribution in [0.5, 0.6) is 0 Å². The Morgan fingerprint density at radius 1 is 0.970 bits per heavy atom. The maximum absolute atomic E-state index is 13.6. The number of Topliss-reactive ketones (excluding diaryl/α,β-unsaturated/α-hetero) is 1. The van der Waals surface area contributed by atoms with Crippen molar-refractivity contribution in [3.8, 4) is 0 Å². The van der Waals surface area contributed by atoms with E-state index in [1.807, 2.05) is 0 Å². The summed E-state index contributed by atoms with van der Waals surface area (Å²) in [6.45, 7) is 0. The first-order chi connectivity index (χ1) is 15.8. The Balaban J connectivity index is 1.66. The van der Waals surface area contributed by atoms with Crippen molar-refractivity contribution in [3.63, 3.8) is 0 Å². The molecule has 4 aromatic rings. The molecule has 2 heterocycles. The fourth-order valence-corrected chi connectivity index (χ4v) is 4.31. The molecule has 164 valence electrons. The van der Waals surface area contributed by atoms with Gasteiger partial charge in [0.15, 0.2) is 11.5 Å². The lowest BCUT2D eigenvalue weighted by atomic mass is 9.94. The van der Waals surface area contributed by atoms with Crippen molar-refractivity contribution in [2.45, 2.75) is 6.04 Å². The highest BCUT2D eigenvalue weighted by Crippen LogP contribution is 2.42. The quantitative estimate of drug-likeness (QED) is 0.330. The van der Waals surface area contributed by atoms with Crippen LogP contribution in [0, 0.1) is 5.82 Å². The van der Waals surface area contributed by atoms with E-state index in [-0.39, 0.29) is 11.3 Å². The fourth-order valence-electron chi connectivity index (χ4n) is 3.95. The minimum atomic E-state index is -1.03. The van der Waals surface area contributed by atoms with Crippen LogP contribution in [0.4, 0.5) is 10.1 Å². The molecular formula is C25H14Cl2FNO4. The third-order valence-corrected chi connectivity index (χ3v) is 5.90. The zero-order chi connectivity index (χ0) is 23.3. The Labute approximate surface area is 197 Å². The van der Waals surface area contributed by atoms with E-state index in [0.717, 1.165) is 0 Å². The van der Waals surface area contributed by atoms with Gasteiger partial charge in [-0.3, -0.25) is 14.5 Å². The number of halogens is 3. The molecule has 8 heteroatoms. The number of fused-ring (bicyclic) bond motifs is 1. The van der Waals surface area contributed by atoms with E-state index < -0.39 is 29.3 Å². The molecule has 1 N–H and O–H groups in total. The molecule has 3 aromatic carbocycles. The molecule has 1 atom stereocenters. The number of aliphatic hydroxyl groups is 1. The Morgan fingerprint density at radius 3 is 2.42 bits per heavy atom. The number of benzene rings is 3. The van der Waals surface area contributed by atoms with E-state index in [1.165, 1.54) is 35.2 Å². The molecule has 5 nitrogen and oxygen atoms in total. The van der Waals surface area contributed by atoms with Crippen LogP contribution in [0.1, 0.15) is 22.2 Å². The topological polar surface area (TPSA) is 70.8 Å². The number of hydrogen-bond donors (Lipinski definition) is 1. The molecule has 33 heavy (non-hydrogen) atoms. The van der Waals surface area contributed by atoms with Crippen molar-refractivity contribution >= 4 is 51.5 Å². The smallest absolute Gasteiger partial charge is 0.294 e. The van der Waals surface area contributed by atoms with Gasteiger partial charge in [-0.05, 0) is 60.2 Å². The molecule has 0 bridgehead atoms. The summed E-state index contributed by atoms with van der Waals surface area (Å²) in [4.78, 5) is 27.9. The summed E-state index contributed by atoms with van der Waals surface area (Å²) < 4.78 is 19.3. The van der Waals surface area contributed by atoms with Gasteiger partial charge >= 0.3 is 0 Å². The van der Waals surface area contributed by atoms with E-state index in [2.05, 4.69) is 0 Å². The van der Waals surface area contributed by atoms with Crippen molar-refractivity contribution in [1.82, 2.24) is 0 Å². The largest absolute Gasteiger partial charge is 0.503 e. The van der Waals surface area contributed by atoms with E-state index >= 15 is 0 Å². The average molecular weight is 482 g/mol. The second-order valence-electron chi connectivity index (χ2n) is 7.49. The Kier molecular flexibility index (Phi) is 5.19. The highest BCUT2D eigenvalue weighted by molar-refractivity contribution is 6.31. The average Bonchev–Trinajstić information content (AvgIpc) is 3.32. The van der Waals surface area contributed by atoms with Crippen LogP contribution < -0.4 is 4.90 Å². The standard InChI is InChI=1S/C25H14Cl2FNO4/c26-15-2-1-3-18(12-15)29-22(13-4-7-17(28)8-5-13)21(24(31)25(29)32)23(30)20-11-14-10-16(27)6-9-19(14)33-20/h1-12,22,31H. The molecule has 0 saturated heterocycles. The van der Waals surface area contributed by atoms with Gasteiger partial charge in [0.05, 0.1) is 11.6 Å². The number of carbonyl (C=O) groups excluding carboxylic acids is 2. The first-order valence-electron chi connectivity index (χ1n) is 9.85. The number of nitrogens with zero attached hydrogens (tertiary/aromatic N) is 1. The monoisotopic (exact) mass is 481 g/mol. The summed E-state index contributed by atoms with van der Waals surface area (Å²) in [6.07, 6.45) is 0. The lowest BCUT2D eigenvalue weighted by Gasteiger charge is -2.27. The van der Waals surface area contributed by atoms with E-state index in [4.69, 9.17) is 27.6 Å². The number of ketones is 1. The van der Waals surface area contributed by atoms with Crippen molar-refractivity contribution in [1.29, 1.82) is 0 Å². The summed E-state index contributed by atoms with van der Waals surface area (Å²) in [7, 11) is 0. The van der Waals surface area contributed by atoms with Crippen LogP contribution in [0.25, 0.3) is 11.0 Å². The lowest BCUT2D eigenvalue weighted by molar-refractivity contribution is -0.117. The highest BCUT2D eigenvalue weighted by Gasteiger charge is 2.45. The first-order valence-corrected chi connectivity index (χ1v) is 10.6. The minimum absolute atomic E-state index is 0.0679. The molecule has 0 radical (unpaired) electrons. The van der Waals surface area contributed by atoms with Crippen molar-refractivity contribution in [3.05, 3.63) is 111 Å². The van der Waals surface area contributed by atoms with E-state index in [9.17, 15) is 19.1 Å². The molecule has 1 aliphatic heterocycles. The van der Waals surface area contributed by atoms with Crippen LogP contribution in [0.2, 0.25) is 10.0 Å². The summed E-state index contributed by atoms with van der Waals surface area (Å²) in [5, 5.41) is 12.2.